The fourth-order valence-corrected chi connectivity index (χ4v) is 5.80. The van der Waals surface area contributed by atoms with E-state index in [0.29, 0.717) is 33.3 Å². The Kier molecular flexibility index (Phi) is 4.30. The van der Waals surface area contributed by atoms with Crippen LogP contribution in [0.15, 0.2) is 36.4 Å². The molecule has 2 aromatic carbocycles. The first-order valence-electron chi connectivity index (χ1n) is 10.6. The maximum atomic E-state index is 13.7. The minimum Gasteiger partial charge on any atom is -0.454 e. The third-order valence-corrected chi connectivity index (χ3v) is 7.34. The molecule has 33 heavy (non-hydrogen) atoms. The molecule has 10 heteroatoms. The van der Waals surface area contributed by atoms with Crippen LogP contribution < -0.4 is 20.1 Å². The van der Waals surface area contributed by atoms with Gasteiger partial charge in [0, 0.05) is 11.6 Å². The van der Waals surface area contributed by atoms with E-state index < -0.39 is 47.2 Å². The number of carbonyl (C=O) groups is 3. The number of aliphatic hydroxyl groups excluding tert-OH is 1. The summed E-state index contributed by atoms with van der Waals surface area (Å²) in [4.78, 5) is 41.7. The Labute approximate surface area is 193 Å². The molecule has 0 aromatic heterocycles. The van der Waals surface area contributed by atoms with Crippen LogP contribution in [0.2, 0.25) is 5.02 Å². The number of halogens is 1. The molecule has 1 spiro atoms. The molecule has 0 saturated carbocycles. The molecule has 0 radical (unpaired) electrons. The van der Waals surface area contributed by atoms with Crippen molar-refractivity contribution in [2.75, 3.05) is 12.1 Å². The number of ether oxygens (including phenoxy) is 2. The quantitative estimate of drug-likeness (QED) is 0.581. The third kappa shape index (κ3) is 2.64. The first kappa shape index (κ1) is 20.5. The number of anilines is 1. The number of carbonyl (C=O) groups excluding carboxylic acids is 3. The summed E-state index contributed by atoms with van der Waals surface area (Å²) in [7, 11) is 0. The van der Waals surface area contributed by atoms with E-state index >= 15 is 0 Å². The number of hydrogen-bond acceptors (Lipinski definition) is 7. The van der Waals surface area contributed by atoms with Crippen molar-refractivity contribution in [1.29, 1.82) is 0 Å². The van der Waals surface area contributed by atoms with Gasteiger partial charge in [0.25, 0.3) is 0 Å². The number of hydrogen-bond donors (Lipinski definition) is 3. The highest BCUT2D eigenvalue weighted by atomic mass is 35.5. The predicted octanol–water partition coefficient (Wildman–Crippen LogP) is 1.37. The second-order valence-corrected chi connectivity index (χ2v) is 9.20. The molecule has 3 N–H and O–H groups in total. The van der Waals surface area contributed by atoms with Gasteiger partial charge < -0.3 is 19.9 Å². The van der Waals surface area contributed by atoms with Gasteiger partial charge in [-0.3, -0.25) is 24.6 Å². The number of fused-ring (bicyclic) bond motifs is 5. The number of benzene rings is 2. The summed E-state index contributed by atoms with van der Waals surface area (Å²) in [5.41, 5.74) is 0.111. The van der Waals surface area contributed by atoms with Crippen LogP contribution in [0.3, 0.4) is 0 Å². The standard InChI is InChI=1S/C23H20ClN3O6/c1-10(28)18-16-17(23(26-18)12-3-2-4-13(24)19(12)25-22(23)31)21(30)27(20(16)29)8-11-5-6-14-15(7-11)33-9-32-14/h2-7,10,16-18,26,28H,8-9H2,1H3,(H,25,31)/t10-,16-,17-,18-,23+/m0/s1. The number of amides is 3. The summed E-state index contributed by atoms with van der Waals surface area (Å²) in [6.07, 6.45) is -0.977. The van der Waals surface area contributed by atoms with Crippen LogP contribution in [0, 0.1) is 11.8 Å². The fourth-order valence-electron chi connectivity index (χ4n) is 5.58. The number of para-hydroxylation sites is 1. The van der Waals surface area contributed by atoms with E-state index in [4.69, 9.17) is 21.1 Å². The number of rotatable bonds is 3. The van der Waals surface area contributed by atoms with Crippen molar-refractivity contribution in [3.63, 3.8) is 0 Å². The van der Waals surface area contributed by atoms with Gasteiger partial charge in [-0.1, -0.05) is 29.8 Å². The summed E-state index contributed by atoms with van der Waals surface area (Å²) in [6, 6.07) is 9.49. The monoisotopic (exact) mass is 469 g/mol. The zero-order valence-corrected chi connectivity index (χ0v) is 18.3. The molecule has 4 aliphatic heterocycles. The van der Waals surface area contributed by atoms with E-state index in [-0.39, 0.29) is 13.3 Å². The van der Waals surface area contributed by atoms with Crippen LogP contribution in [-0.2, 0) is 26.5 Å². The molecule has 2 fully saturated rings. The first-order valence-corrected chi connectivity index (χ1v) is 11.0. The minimum absolute atomic E-state index is 0.0218. The van der Waals surface area contributed by atoms with Gasteiger partial charge in [-0.25, -0.2) is 0 Å². The Morgan fingerprint density at radius 1 is 1.18 bits per heavy atom. The Morgan fingerprint density at radius 3 is 2.76 bits per heavy atom. The molecule has 6 rings (SSSR count). The van der Waals surface area contributed by atoms with Crippen molar-refractivity contribution in [2.24, 2.45) is 11.8 Å². The lowest BCUT2D eigenvalue weighted by Crippen LogP contribution is -2.54. The van der Waals surface area contributed by atoms with Crippen LogP contribution in [0.1, 0.15) is 18.1 Å². The fraction of sp³-hybridized carbons (Fsp3) is 0.348. The normalized spacial score (nSPS) is 30.1. The average Bonchev–Trinajstić information content (AvgIpc) is 3.51. The zero-order valence-electron chi connectivity index (χ0n) is 17.5. The van der Waals surface area contributed by atoms with Crippen molar-refractivity contribution in [3.8, 4) is 11.5 Å². The summed E-state index contributed by atoms with van der Waals surface area (Å²) >= 11 is 6.31. The second kappa shape index (κ2) is 6.93. The molecule has 2 aromatic rings. The van der Waals surface area contributed by atoms with Gasteiger partial charge in [-0.2, -0.15) is 0 Å². The Hall–Kier alpha value is -3.14. The lowest BCUT2D eigenvalue weighted by molar-refractivity contribution is -0.143. The van der Waals surface area contributed by atoms with E-state index in [0.717, 1.165) is 0 Å². The van der Waals surface area contributed by atoms with Gasteiger partial charge >= 0.3 is 0 Å². The highest BCUT2D eigenvalue weighted by Crippen LogP contribution is 2.54. The maximum Gasteiger partial charge on any atom is 0.250 e. The van der Waals surface area contributed by atoms with Crippen LogP contribution in [0.5, 0.6) is 11.5 Å². The molecular formula is C23H20ClN3O6. The molecule has 4 aliphatic rings. The van der Waals surface area contributed by atoms with Crippen molar-refractivity contribution in [2.45, 2.75) is 31.2 Å². The van der Waals surface area contributed by atoms with E-state index in [1.54, 1.807) is 36.4 Å². The predicted molar refractivity (Wildman–Crippen MR) is 115 cm³/mol. The van der Waals surface area contributed by atoms with Gasteiger partial charge in [-0.05, 0) is 30.7 Å². The third-order valence-electron chi connectivity index (χ3n) is 7.02. The van der Waals surface area contributed by atoms with Gasteiger partial charge in [0.1, 0.15) is 5.54 Å². The van der Waals surface area contributed by atoms with Crippen molar-refractivity contribution < 1.29 is 29.0 Å². The highest BCUT2D eigenvalue weighted by molar-refractivity contribution is 6.35. The van der Waals surface area contributed by atoms with Gasteiger partial charge in [0.15, 0.2) is 11.5 Å². The molecule has 0 unspecified atom stereocenters. The molecule has 3 amide bonds. The van der Waals surface area contributed by atoms with Crippen LogP contribution in [0.25, 0.3) is 0 Å². The number of nitrogens with zero attached hydrogens (tertiary/aromatic N) is 1. The van der Waals surface area contributed by atoms with Gasteiger partial charge in [0.05, 0.1) is 35.2 Å². The summed E-state index contributed by atoms with van der Waals surface area (Å²) in [5, 5.41) is 16.7. The molecule has 2 saturated heterocycles. The topological polar surface area (TPSA) is 117 Å². The summed E-state index contributed by atoms with van der Waals surface area (Å²) in [5.74, 6) is -2.13. The molecule has 0 aliphatic carbocycles. The van der Waals surface area contributed by atoms with Crippen LogP contribution in [-0.4, -0.2) is 46.7 Å². The van der Waals surface area contributed by atoms with Crippen molar-refractivity contribution in [3.05, 3.63) is 52.5 Å². The Morgan fingerprint density at radius 2 is 1.97 bits per heavy atom. The van der Waals surface area contributed by atoms with E-state index in [2.05, 4.69) is 10.6 Å². The molecule has 170 valence electrons. The Bertz CT molecular complexity index is 1230. The van der Waals surface area contributed by atoms with Crippen molar-refractivity contribution in [1.82, 2.24) is 10.2 Å². The largest absolute Gasteiger partial charge is 0.454 e. The van der Waals surface area contributed by atoms with Gasteiger partial charge in [0.2, 0.25) is 24.5 Å². The summed E-state index contributed by atoms with van der Waals surface area (Å²) in [6.45, 7) is 1.68. The number of likely N-dealkylation sites (tertiary alicyclic amines) is 1. The first-order chi connectivity index (χ1) is 15.8. The average molecular weight is 470 g/mol. The number of nitrogens with one attached hydrogen (secondary N) is 2. The second-order valence-electron chi connectivity index (χ2n) is 8.79. The molecular weight excluding hydrogens is 450 g/mol. The van der Waals surface area contributed by atoms with Crippen LogP contribution in [0.4, 0.5) is 5.69 Å². The zero-order chi connectivity index (χ0) is 23.1. The smallest absolute Gasteiger partial charge is 0.250 e. The number of aliphatic hydroxyl groups is 1. The molecule has 4 heterocycles. The SMILES string of the molecule is C[C@H](O)[C@@H]1N[C@@]2(C(=O)Nc3c(Cl)cccc32)[C@@H]2C(=O)N(Cc3ccc4c(c3)OCO4)C(=O)[C@H]12. The van der Waals surface area contributed by atoms with E-state index in [9.17, 15) is 19.5 Å². The highest BCUT2D eigenvalue weighted by Gasteiger charge is 2.71. The van der Waals surface area contributed by atoms with E-state index in [1.165, 1.54) is 11.8 Å². The van der Waals surface area contributed by atoms with Gasteiger partial charge in [-0.15, -0.1) is 0 Å². The molecule has 0 bridgehead atoms. The number of imide groups is 1. The lowest BCUT2D eigenvalue weighted by atomic mass is 9.76. The molecule has 5 atom stereocenters. The minimum atomic E-state index is -1.50. The lowest BCUT2D eigenvalue weighted by Gasteiger charge is -2.30. The summed E-state index contributed by atoms with van der Waals surface area (Å²) < 4.78 is 10.7. The van der Waals surface area contributed by atoms with E-state index in [1.807, 2.05) is 0 Å². The van der Waals surface area contributed by atoms with Crippen LogP contribution >= 0.6 is 11.6 Å². The van der Waals surface area contributed by atoms with Crippen molar-refractivity contribution >= 4 is 35.0 Å². The molecule has 9 nitrogen and oxygen atoms in total. The maximum absolute atomic E-state index is 13.7. The Balaban J connectivity index is 1.43.